The minimum Gasteiger partial charge on any atom is -0.316 e. The Morgan fingerprint density at radius 2 is 2.00 bits per heavy atom. The second-order valence-electron chi connectivity index (χ2n) is 4.96. The van der Waals surface area contributed by atoms with Crippen molar-refractivity contribution in [2.75, 3.05) is 13.1 Å². The van der Waals surface area contributed by atoms with Crippen molar-refractivity contribution in [2.24, 2.45) is 0 Å². The average molecular weight is 275 g/mol. The van der Waals surface area contributed by atoms with E-state index in [9.17, 15) is 4.39 Å². The lowest BCUT2D eigenvalue weighted by Gasteiger charge is -2.17. The molecule has 2 rings (SSSR count). The Morgan fingerprint density at radius 1 is 1.25 bits per heavy atom. The Hall–Kier alpha value is -1.68. The first-order valence-corrected chi connectivity index (χ1v) is 7.20. The zero-order chi connectivity index (χ0) is 14.4. The zero-order valence-corrected chi connectivity index (χ0v) is 12.1. The predicted molar refractivity (Wildman–Crippen MR) is 79.3 cm³/mol. The van der Waals surface area contributed by atoms with Crippen LogP contribution in [0.1, 0.15) is 30.9 Å². The summed E-state index contributed by atoms with van der Waals surface area (Å²) in [5.74, 6) is 0.153. The van der Waals surface area contributed by atoms with E-state index in [1.165, 1.54) is 17.7 Å². The highest BCUT2D eigenvalue weighted by Gasteiger charge is 2.13. The molecule has 1 heterocycles. The van der Waals surface area contributed by atoms with Crippen LogP contribution in [0, 0.1) is 5.82 Å². The number of likely N-dealkylation sites (N-methyl/N-ethyl adjacent to an activating group) is 1. The fourth-order valence-corrected chi connectivity index (χ4v) is 2.33. The van der Waals surface area contributed by atoms with Crippen molar-refractivity contribution in [3.8, 4) is 0 Å². The first-order chi connectivity index (χ1) is 9.72. The van der Waals surface area contributed by atoms with Gasteiger partial charge in [-0.25, -0.2) is 4.39 Å². The fourth-order valence-electron chi connectivity index (χ4n) is 2.33. The second kappa shape index (κ2) is 7.20. The molecule has 0 aliphatic rings. The smallest absolute Gasteiger partial charge is 0.123 e. The van der Waals surface area contributed by atoms with Crippen molar-refractivity contribution in [1.29, 1.82) is 0 Å². The molecule has 0 saturated heterocycles. The molecule has 0 amide bonds. The molecular formula is C16H22FN3. The molecule has 0 aliphatic carbocycles. The van der Waals surface area contributed by atoms with Gasteiger partial charge in [0, 0.05) is 25.2 Å². The molecule has 0 fully saturated rings. The summed E-state index contributed by atoms with van der Waals surface area (Å²) < 4.78 is 15.0. The molecule has 0 saturated carbocycles. The topological polar surface area (TPSA) is 29.9 Å². The number of rotatable bonds is 7. The van der Waals surface area contributed by atoms with E-state index in [1.54, 1.807) is 0 Å². The van der Waals surface area contributed by atoms with Crippen LogP contribution >= 0.6 is 0 Å². The highest BCUT2D eigenvalue weighted by molar-refractivity contribution is 5.23. The fraction of sp³-hybridized carbons (Fsp3) is 0.438. The summed E-state index contributed by atoms with van der Waals surface area (Å²) in [6.45, 7) is 6.88. The van der Waals surface area contributed by atoms with E-state index in [4.69, 9.17) is 0 Å². The van der Waals surface area contributed by atoms with Gasteiger partial charge >= 0.3 is 0 Å². The molecule has 0 radical (unpaired) electrons. The molecule has 4 heteroatoms. The Balaban J connectivity index is 2.12. The quantitative estimate of drug-likeness (QED) is 0.842. The molecule has 1 aromatic carbocycles. The van der Waals surface area contributed by atoms with Crippen LogP contribution in [0.3, 0.4) is 0 Å². The summed E-state index contributed by atoms with van der Waals surface area (Å²) in [4.78, 5) is 0. The summed E-state index contributed by atoms with van der Waals surface area (Å²) in [6.07, 6.45) is 4.92. The number of hydrogen-bond acceptors (Lipinski definition) is 2. The summed E-state index contributed by atoms with van der Waals surface area (Å²) in [7, 11) is 0. The maximum absolute atomic E-state index is 13.0. The lowest BCUT2D eigenvalue weighted by atomic mass is 9.93. The Bertz CT molecular complexity index is 519. The van der Waals surface area contributed by atoms with Crippen molar-refractivity contribution in [3.05, 3.63) is 53.6 Å². The van der Waals surface area contributed by atoms with Gasteiger partial charge in [-0.1, -0.05) is 19.1 Å². The molecule has 3 nitrogen and oxygen atoms in total. The van der Waals surface area contributed by atoms with E-state index in [0.29, 0.717) is 5.92 Å². The van der Waals surface area contributed by atoms with Crippen LogP contribution in [0.2, 0.25) is 0 Å². The summed E-state index contributed by atoms with van der Waals surface area (Å²) in [5.41, 5.74) is 2.38. The Morgan fingerprint density at radius 3 is 2.60 bits per heavy atom. The van der Waals surface area contributed by atoms with E-state index >= 15 is 0 Å². The van der Waals surface area contributed by atoms with Gasteiger partial charge in [0.25, 0.3) is 0 Å². The number of halogens is 1. The molecule has 1 unspecified atom stereocenters. The number of aryl methyl sites for hydroxylation is 1. The molecule has 1 N–H and O–H groups in total. The van der Waals surface area contributed by atoms with E-state index in [-0.39, 0.29) is 5.82 Å². The second-order valence-corrected chi connectivity index (χ2v) is 4.96. The van der Waals surface area contributed by atoms with Gasteiger partial charge in [0.05, 0.1) is 6.20 Å². The van der Waals surface area contributed by atoms with Crippen LogP contribution in [0.25, 0.3) is 0 Å². The van der Waals surface area contributed by atoms with E-state index in [0.717, 1.165) is 31.6 Å². The normalized spacial score (nSPS) is 12.6. The van der Waals surface area contributed by atoms with Crippen molar-refractivity contribution >= 4 is 0 Å². The number of aromatic nitrogens is 2. The molecule has 0 spiro atoms. The lowest BCUT2D eigenvalue weighted by molar-refractivity contribution is 0.589. The largest absolute Gasteiger partial charge is 0.316 e. The van der Waals surface area contributed by atoms with Gasteiger partial charge in [0.15, 0.2) is 0 Å². The molecule has 0 bridgehead atoms. The van der Waals surface area contributed by atoms with Gasteiger partial charge < -0.3 is 5.32 Å². The zero-order valence-electron chi connectivity index (χ0n) is 12.1. The van der Waals surface area contributed by atoms with E-state index in [1.807, 2.05) is 23.0 Å². The molecule has 20 heavy (non-hydrogen) atoms. The van der Waals surface area contributed by atoms with Crippen LogP contribution in [0.15, 0.2) is 36.7 Å². The lowest BCUT2D eigenvalue weighted by Crippen LogP contribution is -2.22. The minimum absolute atomic E-state index is 0.185. The van der Waals surface area contributed by atoms with Crippen molar-refractivity contribution in [3.63, 3.8) is 0 Å². The van der Waals surface area contributed by atoms with Gasteiger partial charge in [-0.3, -0.25) is 4.68 Å². The number of nitrogens with one attached hydrogen (secondary N) is 1. The van der Waals surface area contributed by atoms with Gasteiger partial charge in [0.2, 0.25) is 0 Å². The van der Waals surface area contributed by atoms with Crippen molar-refractivity contribution < 1.29 is 4.39 Å². The third kappa shape index (κ3) is 3.90. The van der Waals surface area contributed by atoms with Crippen molar-refractivity contribution in [2.45, 2.75) is 32.7 Å². The van der Waals surface area contributed by atoms with Crippen LogP contribution in [0.5, 0.6) is 0 Å². The molecule has 0 aliphatic heterocycles. The number of benzene rings is 1. The SMILES string of the molecule is CCNCC(Cc1cnn(CC)c1)c1ccc(F)cc1. The number of nitrogens with zero attached hydrogens (tertiary/aromatic N) is 2. The van der Waals surface area contributed by atoms with Crippen LogP contribution in [-0.4, -0.2) is 22.9 Å². The van der Waals surface area contributed by atoms with Gasteiger partial charge in [-0.2, -0.15) is 5.10 Å². The molecule has 108 valence electrons. The predicted octanol–water partition coefficient (Wildman–Crippen LogP) is 2.98. The van der Waals surface area contributed by atoms with Crippen molar-refractivity contribution in [1.82, 2.24) is 15.1 Å². The van der Waals surface area contributed by atoms with Crippen LogP contribution < -0.4 is 5.32 Å². The highest BCUT2D eigenvalue weighted by Crippen LogP contribution is 2.20. The molecule has 2 aromatic rings. The van der Waals surface area contributed by atoms with Gasteiger partial charge in [-0.15, -0.1) is 0 Å². The van der Waals surface area contributed by atoms with Gasteiger partial charge in [-0.05, 0) is 43.1 Å². The molecule has 1 aromatic heterocycles. The number of hydrogen-bond donors (Lipinski definition) is 1. The van der Waals surface area contributed by atoms with E-state index in [2.05, 4.69) is 30.5 Å². The summed E-state index contributed by atoms with van der Waals surface area (Å²) >= 11 is 0. The third-order valence-electron chi connectivity index (χ3n) is 3.47. The maximum atomic E-state index is 13.0. The molecular weight excluding hydrogens is 253 g/mol. The summed E-state index contributed by atoms with van der Waals surface area (Å²) in [5, 5.41) is 7.69. The van der Waals surface area contributed by atoms with E-state index < -0.39 is 0 Å². The maximum Gasteiger partial charge on any atom is 0.123 e. The highest BCUT2D eigenvalue weighted by atomic mass is 19.1. The third-order valence-corrected chi connectivity index (χ3v) is 3.47. The Kier molecular flexibility index (Phi) is 5.30. The molecule has 1 atom stereocenters. The monoisotopic (exact) mass is 275 g/mol. The van der Waals surface area contributed by atoms with Crippen LogP contribution in [-0.2, 0) is 13.0 Å². The average Bonchev–Trinajstić information content (AvgIpc) is 2.92. The minimum atomic E-state index is -0.185. The van der Waals surface area contributed by atoms with Crippen LogP contribution in [0.4, 0.5) is 4.39 Å². The standard InChI is InChI=1S/C16H22FN3/c1-3-18-11-15(14-5-7-16(17)8-6-14)9-13-10-19-20(4-2)12-13/h5-8,10,12,15,18H,3-4,9,11H2,1-2H3. The first kappa shape index (κ1) is 14.7. The Labute approximate surface area is 119 Å². The van der Waals surface area contributed by atoms with Gasteiger partial charge in [0.1, 0.15) is 5.82 Å². The first-order valence-electron chi connectivity index (χ1n) is 7.20. The summed E-state index contributed by atoms with van der Waals surface area (Å²) in [6, 6.07) is 6.82.